The third kappa shape index (κ3) is 5.55. The molecule has 1 aromatic heterocycles. The first-order valence-electron chi connectivity index (χ1n) is 8.84. The quantitative estimate of drug-likeness (QED) is 0.703. The van der Waals surface area contributed by atoms with E-state index in [1.54, 1.807) is 24.3 Å². The molecule has 1 fully saturated rings. The second kappa shape index (κ2) is 8.73. The van der Waals surface area contributed by atoms with Gasteiger partial charge in [0.25, 0.3) is 0 Å². The van der Waals surface area contributed by atoms with Crippen LogP contribution >= 0.6 is 11.3 Å². The van der Waals surface area contributed by atoms with Gasteiger partial charge in [-0.3, -0.25) is 14.4 Å². The third-order valence-electron chi connectivity index (χ3n) is 4.49. The smallest absolute Gasteiger partial charge is 0.229 e. The zero-order valence-electron chi connectivity index (χ0n) is 15.5. The van der Waals surface area contributed by atoms with E-state index >= 15 is 0 Å². The van der Waals surface area contributed by atoms with Crippen LogP contribution in [0.15, 0.2) is 29.6 Å². The number of hydrogen-bond donors (Lipinski definition) is 2. The molecule has 0 radical (unpaired) electrons. The fourth-order valence-corrected chi connectivity index (χ4v) is 4.36. The van der Waals surface area contributed by atoms with Crippen LogP contribution in [-0.2, 0) is 14.8 Å². The molecule has 9 heteroatoms. The molecule has 148 valence electrons. The molecule has 7 nitrogen and oxygen atoms in total. The highest BCUT2D eigenvalue weighted by Gasteiger charge is 2.25. The number of anilines is 2. The van der Waals surface area contributed by atoms with Gasteiger partial charge in [-0.05, 0) is 38.1 Å². The number of aromatic nitrogens is 1. The number of rotatable bonds is 6. The van der Waals surface area contributed by atoms with E-state index in [-0.39, 0.29) is 11.8 Å². The van der Waals surface area contributed by atoms with E-state index in [4.69, 9.17) is 6.42 Å². The minimum Gasteiger partial charge on any atom is -0.302 e. The van der Waals surface area contributed by atoms with Crippen LogP contribution < -0.4 is 10.0 Å². The van der Waals surface area contributed by atoms with E-state index in [1.165, 1.54) is 11.3 Å². The number of piperidine rings is 1. The van der Waals surface area contributed by atoms with Crippen LogP contribution in [0, 0.1) is 18.3 Å². The number of amides is 1. The van der Waals surface area contributed by atoms with Crippen molar-refractivity contribution >= 4 is 38.1 Å². The van der Waals surface area contributed by atoms with Gasteiger partial charge < -0.3 is 5.32 Å². The molecule has 2 heterocycles. The lowest BCUT2D eigenvalue weighted by molar-refractivity contribution is -0.121. The summed E-state index contributed by atoms with van der Waals surface area (Å²) in [4.78, 5) is 19.1. The normalized spacial score (nSPS) is 15.7. The Bertz CT molecular complexity index is 969. The van der Waals surface area contributed by atoms with Gasteiger partial charge in [-0.25, -0.2) is 13.4 Å². The standard InChI is InChI=1S/C19H22N4O3S2/c1-3-10-23-11-8-15(9-12-23)18(24)21-19-20-17(13-27-19)14-4-6-16(7-5-14)22-28(2,25)26/h1,4-7,13,15,22H,8-12H2,2H3,(H,20,21,24). The van der Waals surface area contributed by atoms with Crippen LogP contribution in [0.1, 0.15) is 12.8 Å². The molecule has 0 aliphatic carbocycles. The lowest BCUT2D eigenvalue weighted by Crippen LogP contribution is -2.38. The summed E-state index contributed by atoms with van der Waals surface area (Å²) >= 11 is 1.37. The van der Waals surface area contributed by atoms with Crippen molar-refractivity contribution in [2.24, 2.45) is 5.92 Å². The summed E-state index contributed by atoms with van der Waals surface area (Å²) in [6, 6.07) is 6.93. The molecule has 1 aromatic carbocycles. The number of thiazole rings is 1. The maximum atomic E-state index is 12.5. The van der Waals surface area contributed by atoms with E-state index < -0.39 is 10.0 Å². The highest BCUT2D eigenvalue weighted by atomic mass is 32.2. The number of nitrogens with one attached hydrogen (secondary N) is 2. The summed E-state index contributed by atoms with van der Waals surface area (Å²) in [5.41, 5.74) is 2.07. The summed E-state index contributed by atoms with van der Waals surface area (Å²) in [6.07, 6.45) is 8.02. The van der Waals surface area contributed by atoms with E-state index in [2.05, 4.69) is 25.8 Å². The molecule has 1 saturated heterocycles. The predicted octanol–water partition coefficient (Wildman–Crippen LogP) is 2.47. The van der Waals surface area contributed by atoms with Gasteiger partial charge in [-0.1, -0.05) is 18.1 Å². The van der Waals surface area contributed by atoms with Crippen LogP contribution in [0.2, 0.25) is 0 Å². The van der Waals surface area contributed by atoms with Crippen molar-refractivity contribution in [3.05, 3.63) is 29.6 Å². The summed E-state index contributed by atoms with van der Waals surface area (Å²) in [5, 5.41) is 5.33. The van der Waals surface area contributed by atoms with Crippen LogP contribution in [0.4, 0.5) is 10.8 Å². The molecule has 0 atom stereocenters. The molecule has 1 aliphatic heterocycles. The second-order valence-electron chi connectivity index (χ2n) is 6.73. The maximum Gasteiger partial charge on any atom is 0.229 e. The molecule has 0 saturated carbocycles. The van der Waals surface area contributed by atoms with Crippen molar-refractivity contribution in [1.82, 2.24) is 9.88 Å². The fourth-order valence-electron chi connectivity index (χ4n) is 3.08. The molecule has 0 bridgehead atoms. The minimum absolute atomic E-state index is 0.00559. The molecule has 2 N–H and O–H groups in total. The van der Waals surface area contributed by atoms with Crippen molar-refractivity contribution in [3.63, 3.8) is 0 Å². The van der Waals surface area contributed by atoms with Crippen molar-refractivity contribution in [3.8, 4) is 23.6 Å². The van der Waals surface area contributed by atoms with Crippen LogP contribution in [0.3, 0.4) is 0 Å². The molecule has 0 spiro atoms. The van der Waals surface area contributed by atoms with E-state index in [1.807, 2.05) is 5.38 Å². The largest absolute Gasteiger partial charge is 0.302 e. The number of terminal acetylenes is 1. The average molecular weight is 419 g/mol. The number of nitrogens with zero attached hydrogens (tertiary/aromatic N) is 2. The van der Waals surface area contributed by atoms with Crippen molar-refractivity contribution in [2.45, 2.75) is 12.8 Å². The lowest BCUT2D eigenvalue weighted by atomic mass is 9.96. The molecular weight excluding hydrogens is 396 g/mol. The number of sulfonamides is 1. The Hall–Kier alpha value is -2.41. The molecular formula is C19H22N4O3S2. The molecule has 3 rings (SSSR count). The average Bonchev–Trinajstić information content (AvgIpc) is 3.10. The van der Waals surface area contributed by atoms with E-state index in [9.17, 15) is 13.2 Å². The van der Waals surface area contributed by atoms with Crippen molar-refractivity contribution in [1.29, 1.82) is 0 Å². The van der Waals surface area contributed by atoms with Gasteiger partial charge in [0.2, 0.25) is 15.9 Å². The van der Waals surface area contributed by atoms with Gasteiger partial charge in [0, 0.05) is 22.5 Å². The monoisotopic (exact) mass is 418 g/mol. The number of benzene rings is 1. The molecule has 1 aliphatic rings. The van der Waals surface area contributed by atoms with Gasteiger partial charge in [0.05, 0.1) is 18.5 Å². The van der Waals surface area contributed by atoms with Crippen molar-refractivity contribution < 1.29 is 13.2 Å². The number of likely N-dealkylation sites (tertiary alicyclic amines) is 1. The number of carbonyl (C=O) groups is 1. The molecule has 0 unspecified atom stereocenters. The Balaban J connectivity index is 1.58. The zero-order chi connectivity index (χ0) is 20.1. The molecule has 1 amide bonds. The van der Waals surface area contributed by atoms with Crippen LogP contribution in [0.5, 0.6) is 0 Å². The zero-order valence-corrected chi connectivity index (χ0v) is 17.1. The summed E-state index contributed by atoms with van der Waals surface area (Å²) < 4.78 is 25.0. The highest BCUT2D eigenvalue weighted by Crippen LogP contribution is 2.27. The first-order valence-corrected chi connectivity index (χ1v) is 11.6. The van der Waals surface area contributed by atoms with Crippen LogP contribution in [-0.4, -0.2) is 50.1 Å². The Labute approximate surface area is 169 Å². The Morgan fingerprint density at radius 3 is 2.61 bits per heavy atom. The number of carbonyl (C=O) groups excluding carboxylic acids is 1. The lowest BCUT2D eigenvalue weighted by Gasteiger charge is -2.29. The summed E-state index contributed by atoms with van der Waals surface area (Å²) in [6.45, 7) is 2.29. The Morgan fingerprint density at radius 1 is 1.32 bits per heavy atom. The van der Waals surface area contributed by atoms with Gasteiger partial charge in [-0.2, -0.15) is 0 Å². The minimum atomic E-state index is -3.31. The topological polar surface area (TPSA) is 91.4 Å². The SMILES string of the molecule is C#CCN1CCC(C(=O)Nc2nc(-c3ccc(NS(C)(=O)=O)cc3)cs2)CC1. The van der Waals surface area contributed by atoms with E-state index in [0.29, 0.717) is 17.4 Å². The summed E-state index contributed by atoms with van der Waals surface area (Å²) in [5.74, 6) is 2.61. The molecule has 2 aromatic rings. The fraction of sp³-hybridized carbons (Fsp3) is 0.368. The van der Waals surface area contributed by atoms with Gasteiger partial charge in [-0.15, -0.1) is 17.8 Å². The summed E-state index contributed by atoms with van der Waals surface area (Å²) in [7, 11) is -3.31. The number of hydrogen-bond acceptors (Lipinski definition) is 6. The highest BCUT2D eigenvalue weighted by molar-refractivity contribution is 7.92. The van der Waals surface area contributed by atoms with Crippen molar-refractivity contribution in [2.75, 3.05) is 35.9 Å². The third-order valence-corrected chi connectivity index (χ3v) is 5.86. The van der Waals surface area contributed by atoms with E-state index in [0.717, 1.165) is 43.4 Å². The van der Waals surface area contributed by atoms with Crippen LogP contribution in [0.25, 0.3) is 11.3 Å². The predicted molar refractivity (Wildman–Crippen MR) is 113 cm³/mol. The second-order valence-corrected chi connectivity index (χ2v) is 9.34. The Kier molecular flexibility index (Phi) is 6.34. The first-order chi connectivity index (χ1) is 13.3. The van der Waals surface area contributed by atoms with Gasteiger partial charge in [0.1, 0.15) is 0 Å². The molecule has 28 heavy (non-hydrogen) atoms. The first kappa shape index (κ1) is 20.3. The maximum absolute atomic E-state index is 12.5. The van der Waals surface area contributed by atoms with Gasteiger partial charge >= 0.3 is 0 Å². The Morgan fingerprint density at radius 2 is 2.00 bits per heavy atom. The van der Waals surface area contributed by atoms with Gasteiger partial charge in [0.15, 0.2) is 5.13 Å².